The van der Waals surface area contributed by atoms with Gasteiger partial charge < -0.3 is 10.5 Å². The van der Waals surface area contributed by atoms with E-state index in [2.05, 4.69) is 0 Å². The number of carbonyl (C=O) groups excluding carboxylic acids is 1. The van der Waals surface area contributed by atoms with E-state index in [0.29, 0.717) is 6.54 Å². The van der Waals surface area contributed by atoms with E-state index in [0.717, 1.165) is 38.5 Å². The van der Waals surface area contributed by atoms with Gasteiger partial charge in [-0.2, -0.15) is 0 Å². The Morgan fingerprint density at radius 3 is 2.18 bits per heavy atom. The van der Waals surface area contributed by atoms with Crippen LogP contribution in [0.1, 0.15) is 64.2 Å². The zero-order chi connectivity index (χ0) is 12.1. The lowest BCUT2D eigenvalue weighted by atomic mass is 9.80. The summed E-state index contributed by atoms with van der Waals surface area (Å²) in [5, 5.41) is 0. The van der Waals surface area contributed by atoms with Crippen LogP contribution in [0.2, 0.25) is 0 Å². The van der Waals surface area contributed by atoms with Gasteiger partial charge in [-0.05, 0) is 38.5 Å². The molecule has 0 aromatic heterocycles. The second-order valence-corrected chi connectivity index (χ2v) is 5.71. The third-order valence-electron chi connectivity index (χ3n) is 4.46. The molecule has 0 aromatic rings. The fourth-order valence-electron chi connectivity index (χ4n) is 3.18. The predicted molar refractivity (Wildman–Crippen MR) is 67.5 cm³/mol. The molecule has 0 aromatic carbocycles. The normalized spacial score (nSPS) is 25.5. The Morgan fingerprint density at radius 1 is 1.06 bits per heavy atom. The van der Waals surface area contributed by atoms with Crippen molar-refractivity contribution in [3.8, 4) is 0 Å². The van der Waals surface area contributed by atoms with E-state index in [1.807, 2.05) is 0 Å². The Labute approximate surface area is 104 Å². The third kappa shape index (κ3) is 3.01. The molecule has 2 rings (SSSR count). The second-order valence-electron chi connectivity index (χ2n) is 5.71. The average Bonchev–Trinajstić information content (AvgIpc) is 2.72. The molecule has 0 atom stereocenters. The number of hydrogen-bond acceptors (Lipinski definition) is 3. The van der Waals surface area contributed by atoms with Crippen molar-refractivity contribution in [2.45, 2.75) is 70.3 Å². The van der Waals surface area contributed by atoms with E-state index < -0.39 is 0 Å². The van der Waals surface area contributed by atoms with Crippen molar-refractivity contribution in [1.29, 1.82) is 0 Å². The Balaban J connectivity index is 1.96. The van der Waals surface area contributed by atoms with E-state index >= 15 is 0 Å². The first-order chi connectivity index (χ1) is 8.27. The molecule has 17 heavy (non-hydrogen) atoms. The molecule has 2 saturated carbocycles. The SMILES string of the molecule is NCC1(C(=O)OC2CCCC2)CCCCCC1. The van der Waals surface area contributed by atoms with Crippen molar-refractivity contribution in [3.63, 3.8) is 0 Å². The highest BCUT2D eigenvalue weighted by Gasteiger charge is 2.40. The largest absolute Gasteiger partial charge is 0.462 e. The molecule has 0 bridgehead atoms. The average molecular weight is 239 g/mol. The lowest BCUT2D eigenvalue weighted by Gasteiger charge is -2.30. The number of esters is 1. The molecule has 0 spiro atoms. The molecule has 0 amide bonds. The first-order valence-corrected chi connectivity index (χ1v) is 7.18. The van der Waals surface area contributed by atoms with Crippen LogP contribution < -0.4 is 5.73 Å². The predicted octanol–water partition coefficient (Wildman–Crippen LogP) is 2.77. The number of nitrogens with two attached hydrogens (primary N) is 1. The summed E-state index contributed by atoms with van der Waals surface area (Å²) in [7, 11) is 0. The minimum atomic E-state index is -0.362. The van der Waals surface area contributed by atoms with Crippen LogP contribution in [-0.4, -0.2) is 18.6 Å². The molecule has 2 aliphatic carbocycles. The van der Waals surface area contributed by atoms with Crippen molar-refractivity contribution < 1.29 is 9.53 Å². The molecule has 2 aliphatic rings. The summed E-state index contributed by atoms with van der Waals surface area (Å²) in [5.41, 5.74) is 5.52. The van der Waals surface area contributed by atoms with Crippen LogP contribution in [0, 0.1) is 5.41 Å². The molecule has 0 unspecified atom stereocenters. The van der Waals surface area contributed by atoms with Gasteiger partial charge in [-0.3, -0.25) is 4.79 Å². The van der Waals surface area contributed by atoms with E-state index in [-0.39, 0.29) is 17.5 Å². The van der Waals surface area contributed by atoms with Gasteiger partial charge in [-0.25, -0.2) is 0 Å². The van der Waals surface area contributed by atoms with Gasteiger partial charge in [-0.1, -0.05) is 25.7 Å². The number of rotatable bonds is 3. The Bertz CT molecular complexity index is 251. The fraction of sp³-hybridized carbons (Fsp3) is 0.929. The van der Waals surface area contributed by atoms with Crippen molar-refractivity contribution in [2.75, 3.05) is 6.54 Å². The highest BCUT2D eigenvalue weighted by molar-refractivity contribution is 5.77. The highest BCUT2D eigenvalue weighted by atomic mass is 16.5. The molecular weight excluding hydrogens is 214 g/mol. The van der Waals surface area contributed by atoms with Gasteiger partial charge in [0.25, 0.3) is 0 Å². The van der Waals surface area contributed by atoms with Gasteiger partial charge in [0.15, 0.2) is 0 Å². The highest BCUT2D eigenvalue weighted by Crippen LogP contribution is 2.36. The van der Waals surface area contributed by atoms with Crippen molar-refractivity contribution in [2.24, 2.45) is 11.1 Å². The van der Waals surface area contributed by atoms with Gasteiger partial charge in [0.05, 0.1) is 5.41 Å². The van der Waals surface area contributed by atoms with E-state index in [1.165, 1.54) is 25.7 Å². The summed E-state index contributed by atoms with van der Waals surface area (Å²) in [6.07, 6.45) is 11.2. The van der Waals surface area contributed by atoms with Crippen LogP contribution in [0.5, 0.6) is 0 Å². The first kappa shape index (κ1) is 12.9. The fourth-order valence-corrected chi connectivity index (χ4v) is 3.18. The van der Waals surface area contributed by atoms with E-state index in [1.54, 1.807) is 0 Å². The topological polar surface area (TPSA) is 52.3 Å². The summed E-state index contributed by atoms with van der Waals surface area (Å²) in [4.78, 5) is 12.4. The van der Waals surface area contributed by atoms with Gasteiger partial charge >= 0.3 is 5.97 Å². The monoisotopic (exact) mass is 239 g/mol. The van der Waals surface area contributed by atoms with E-state index in [9.17, 15) is 4.79 Å². The summed E-state index contributed by atoms with van der Waals surface area (Å²) >= 11 is 0. The summed E-state index contributed by atoms with van der Waals surface area (Å²) in [5.74, 6) is -0.00574. The molecule has 0 saturated heterocycles. The zero-order valence-corrected chi connectivity index (χ0v) is 10.7. The molecule has 3 heteroatoms. The minimum Gasteiger partial charge on any atom is -0.462 e. The maximum absolute atomic E-state index is 12.4. The second kappa shape index (κ2) is 5.85. The van der Waals surface area contributed by atoms with Gasteiger partial charge in [0.2, 0.25) is 0 Å². The van der Waals surface area contributed by atoms with Crippen LogP contribution in [-0.2, 0) is 9.53 Å². The molecule has 0 radical (unpaired) electrons. The van der Waals surface area contributed by atoms with Gasteiger partial charge in [0, 0.05) is 6.54 Å². The molecule has 2 fully saturated rings. The Hall–Kier alpha value is -0.570. The van der Waals surface area contributed by atoms with E-state index in [4.69, 9.17) is 10.5 Å². The Morgan fingerprint density at radius 2 is 1.65 bits per heavy atom. The van der Waals surface area contributed by atoms with Crippen LogP contribution >= 0.6 is 0 Å². The summed E-state index contributed by atoms with van der Waals surface area (Å²) in [6.45, 7) is 0.457. The molecule has 98 valence electrons. The van der Waals surface area contributed by atoms with Crippen LogP contribution in [0.25, 0.3) is 0 Å². The van der Waals surface area contributed by atoms with Crippen LogP contribution in [0.3, 0.4) is 0 Å². The van der Waals surface area contributed by atoms with Gasteiger partial charge in [0.1, 0.15) is 6.10 Å². The molecule has 2 N–H and O–H groups in total. The smallest absolute Gasteiger partial charge is 0.313 e. The Kier molecular flexibility index (Phi) is 4.43. The van der Waals surface area contributed by atoms with Gasteiger partial charge in [-0.15, -0.1) is 0 Å². The standard InChI is InChI=1S/C14H25NO2/c15-11-14(9-5-1-2-6-10-14)13(16)17-12-7-3-4-8-12/h12H,1-11,15H2. The van der Waals surface area contributed by atoms with Crippen molar-refractivity contribution >= 4 is 5.97 Å². The molecular formula is C14H25NO2. The van der Waals surface area contributed by atoms with Crippen molar-refractivity contribution in [1.82, 2.24) is 0 Å². The van der Waals surface area contributed by atoms with Crippen LogP contribution in [0.4, 0.5) is 0 Å². The molecule has 0 heterocycles. The maximum Gasteiger partial charge on any atom is 0.313 e. The molecule has 3 nitrogen and oxygen atoms in total. The lowest BCUT2D eigenvalue weighted by molar-refractivity contribution is -0.161. The van der Waals surface area contributed by atoms with Crippen LogP contribution in [0.15, 0.2) is 0 Å². The third-order valence-corrected chi connectivity index (χ3v) is 4.46. The summed E-state index contributed by atoms with van der Waals surface area (Å²) < 4.78 is 5.68. The summed E-state index contributed by atoms with van der Waals surface area (Å²) in [6, 6.07) is 0. The number of carbonyl (C=O) groups is 1. The maximum atomic E-state index is 12.4. The zero-order valence-electron chi connectivity index (χ0n) is 10.7. The van der Waals surface area contributed by atoms with Crippen molar-refractivity contribution in [3.05, 3.63) is 0 Å². The first-order valence-electron chi connectivity index (χ1n) is 7.18. The lowest BCUT2D eigenvalue weighted by Crippen LogP contribution is -2.41. The minimum absolute atomic E-state index is 0.00574. The molecule has 0 aliphatic heterocycles. The number of hydrogen-bond donors (Lipinski definition) is 1. The number of ether oxygens (including phenoxy) is 1. The quantitative estimate of drug-likeness (QED) is 0.608.